The molecule has 2 aromatic heterocycles. The van der Waals surface area contributed by atoms with E-state index < -0.39 is 0 Å². The van der Waals surface area contributed by atoms with Gasteiger partial charge in [0.05, 0.1) is 19.9 Å². The molecule has 3 aromatic rings. The first-order valence-electron chi connectivity index (χ1n) is 6.06. The van der Waals surface area contributed by atoms with Crippen molar-refractivity contribution in [1.82, 2.24) is 4.98 Å². The van der Waals surface area contributed by atoms with Crippen LogP contribution in [0.4, 0.5) is 5.00 Å². The fraction of sp³-hybridized carbons (Fsp3) is 0.0667. The summed E-state index contributed by atoms with van der Waals surface area (Å²) < 4.78 is 0.986. The molecule has 0 unspecified atom stereocenters. The maximum absolute atomic E-state index is 12.4. The number of nitrogens with zero attached hydrogens (tertiary/aromatic N) is 1. The first-order valence-corrected chi connectivity index (χ1v) is 7.67. The topological polar surface area (TPSA) is 42.0 Å². The minimum absolute atomic E-state index is 0.136. The van der Waals surface area contributed by atoms with Crippen molar-refractivity contribution >= 4 is 49.1 Å². The zero-order valence-electron chi connectivity index (χ0n) is 10.7. The molecule has 0 fully saturated rings. The number of hydrogen-bond acceptors (Lipinski definition) is 3. The van der Waals surface area contributed by atoms with Crippen molar-refractivity contribution in [3.8, 4) is 0 Å². The van der Waals surface area contributed by atoms with Gasteiger partial charge in [-0.2, -0.15) is 0 Å². The van der Waals surface area contributed by atoms with Gasteiger partial charge in [-0.1, -0.05) is 18.2 Å². The summed E-state index contributed by atoms with van der Waals surface area (Å²) in [5.41, 5.74) is 2.23. The molecule has 1 amide bonds. The molecule has 0 saturated heterocycles. The highest BCUT2D eigenvalue weighted by Gasteiger charge is 2.12. The molecule has 0 aliphatic heterocycles. The van der Waals surface area contributed by atoms with Gasteiger partial charge in [-0.3, -0.25) is 9.78 Å². The Morgan fingerprint density at radius 2 is 2.05 bits per heavy atom. The van der Waals surface area contributed by atoms with E-state index in [0.29, 0.717) is 5.56 Å². The molecule has 0 saturated carbocycles. The number of anilines is 1. The Hall–Kier alpha value is -1.72. The molecular formula is C15H11BrN2OS. The lowest BCUT2D eigenvalue weighted by molar-refractivity contribution is 0.102. The standard InChI is InChI=1S/C15H11BrN2OS/c1-9-5-6-10-3-2-4-11(14(10)17-9)15(19)18-13-8-7-12(16)20-13/h2-8H,1H3,(H,18,19). The summed E-state index contributed by atoms with van der Waals surface area (Å²) in [5.74, 6) is -0.136. The van der Waals surface area contributed by atoms with E-state index in [2.05, 4.69) is 26.2 Å². The summed E-state index contributed by atoms with van der Waals surface area (Å²) in [7, 11) is 0. The molecule has 100 valence electrons. The van der Waals surface area contributed by atoms with E-state index in [0.717, 1.165) is 25.4 Å². The van der Waals surface area contributed by atoms with Crippen molar-refractivity contribution in [3.05, 3.63) is 57.5 Å². The number of halogens is 1. The average molecular weight is 347 g/mol. The number of para-hydroxylation sites is 1. The number of amides is 1. The number of rotatable bonds is 2. The lowest BCUT2D eigenvalue weighted by atomic mass is 10.1. The number of aromatic nitrogens is 1. The average Bonchev–Trinajstić information content (AvgIpc) is 2.83. The highest BCUT2D eigenvalue weighted by molar-refractivity contribution is 9.11. The Kier molecular flexibility index (Phi) is 3.54. The van der Waals surface area contributed by atoms with Crippen LogP contribution in [0.3, 0.4) is 0 Å². The SMILES string of the molecule is Cc1ccc2cccc(C(=O)Nc3ccc(Br)s3)c2n1. The van der Waals surface area contributed by atoms with Crippen molar-refractivity contribution in [1.29, 1.82) is 0 Å². The maximum Gasteiger partial charge on any atom is 0.258 e. The van der Waals surface area contributed by atoms with Crippen LogP contribution < -0.4 is 5.32 Å². The first kappa shape index (κ1) is 13.3. The van der Waals surface area contributed by atoms with Crippen LogP contribution in [-0.4, -0.2) is 10.9 Å². The van der Waals surface area contributed by atoms with Gasteiger partial charge in [0.2, 0.25) is 0 Å². The fourth-order valence-electron chi connectivity index (χ4n) is 1.99. The summed E-state index contributed by atoms with van der Waals surface area (Å²) in [6.45, 7) is 1.92. The minimum Gasteiger partial charge on any atom is -0.313 e. The summed E-state index contributed by atoms with van der Waals surface area (Å²) in [5, 5.41) is 4.68. The molecule has 0 bridgehead atoms. The molecule has 3 rings (SSSR count). The second kappa shape index (κ2) is 5.34. The van der Waals surface area contributed by atoms with Crippen LogP contribution in [0, 0.1) is 6.92 Å². The van der Waals surface area contributed by atoms with Gasteiger partial charge < -0.3 is 5.32 Å². The van der Waals surface area contributed by atoms with Crippen LogP contribution in [0.25, 0.3) is 10.9 Å². The highest BCUT2D eigenvalue weighted by atomic mass is 79.9. The Bertz CT molecular complexity index is 797. The smallest absolute Gasteiger partial charge is 0.258 e. The molecule has 0 aliphatic rings. The van der Waals surface area contributed by atoms with Gasteiger partial charge >= 0.3 is 0 Å². The first-order chi connectivity index (χ1) is 9.63. The van der Waals surface area contributed by atoms with Crippen molar-refractivity contribution in [2.45, 2.75) is 6.92 Å². The number of nitrogens with one attached hydrogen (secondary N) is 1. The van der Waals surface area contributed by atoms with Crippen LogP contribution in [0.1, 0.15) is 16.1 Å². The lowest BCUT2D eigenvalue weighted by Crippen LogP contribution is -2.11. The van der Waals surface area contributed by atoms with Crippen LogP contribution in [0.15, 0.2) is 46.3 Å². The van der Waals surface area contributed by atoms with E-state index in [4.69, 9.17) is 0 Å². The van der Waals surface area contributed by atoms with Gasteiger partial charge in [0.1, 0.15) is 0 Å². The largest absolute Gasteiger partial charge is 0.313 e. The van der Waals surface area contributed by atoms with Crippen LogP contribution in [0.2, 0.25) is 0 Å². The Morgan fingerprint density at radius 3 is 2.80 bits per heavy atom. The zero-order chi connectivity index (χ0) is 14.1. The summed E-state index contributed by atoms with van der Waals surface area (Å²) in [6, 6.07) is 13.3. The number of fused-ring (bicyclic) bond motifs is 1. The molecule has 0 atom stereocenters. The molecule has 1 aromatic carbocycles. The van der Waals surface area contributed by atoms with Crippen LogP contribution in [0.5, 0.6) is 0 Å². The molecular weight excluding hydrogens is 336 g/mol. The summed E-state index contributed by atoms with van der Waals surface area (Å²) >= 11 is 4.87. The molecule has 2 heterocycles. The van der Waals surface area contributed by atoms with E-state index >= 15 is 0 Å². The Labute approximate surface area is 128 Å². The van der Waals surface area contributed by atoms with E-state index in [1.807, 2.05) is 43.3 Å². The second-order valence-electron chi connectivity index (χ2n) is 4.39. The van der Waals surface area contributed by atoms with E-state index in [-0.39, 0.29) is 5.91 Å². The lowest BCUT2D eigenvalue weighted by Gasteiger charge is -2.06. The van der Waals surface area contributed by atoms with Crippen molar-refractivity contribution in [2.24, 2.45) is 0 Å². The molecule has 1 N–H and O–H groups in total. The monoisotopic (exact) mass is 346 g/mol. The quantitative estimate of drug-likeness (QED) is 0.735. The van der Waals surface area contributed by atoms with Gasteiger partial charge in [0.15, 0.2) is 0 Å². The summed E-state index contributed by atoms with van der Waals surface area (Å²) in [6.07, 6.45) is 0. The number of carbonyl (C=O) groups excluding carboxylic acids is 1. The van der Waals surface area contributed by atoms with Crippen LogP contribution >= 0.6 is 27.3 Å². The number of thiophene rings is 1. The number of benzene rings is 1. The predicted molar refractivity (Wildman–Crippen MR) is 86.5 cm³/mol. The third kappa shape index (κ3) is 2.59. The van der Waals surface area contributed by atoms with Crippen LogP contribution in [-0.2, 0) is 0 Å². The van der Waals surface area contributed by atoms with Gasteiger partial charge in [-0.05, 0) is 47.1 Å². The van der Waals surface area contributed by atoms with Gasteiger partial charge in [0.25, 0.3) is 5.91 Å². The molecule has 0 radical (unpaired) electrons. The molecule has 20 heavy (non-hydrogen) atoms. The predicted octanol–water partition coefficient (Wildman–Crippen LogP) is 4.62. The molecule has 5 heteroatoms. The van der Waals surface area contributed by atoms with Gasteiger partial charge in [-0.15, -0.1) is 11.3 Å². The van der Waals surface area contributed by atoms with E-state index in [1.165, 1.54) is 11.3 Å². The summed E-state index contributed by atoms with van der Waals surface area (Å²) in [4.78, 5) is 16.9. The normalized spacial score (nSPS) is 10.7. The van der Waals surface area contributed by atoms with Crippen molar-refractivity contribution < 1.29 is 4.79 Å². The fourth-order valence-corrected chi connectivity index (χ4v) is 3.27. The number of carbonyl (C=O) groups is 1. The van der Waals surface area contributed by atoms with E-state index in [1.54, 1.807) is 6.07 Å². The number of aryl methyl sites for hydroxylation is 1. The Morgan fingerprint density at radius 1 is 1.20 bits per heavy atom. The third-order valence-electron chi connectivity index (χ3n) is 2.91. The van der Waals surface area contributed by atoms with Gasteiger partial charge in [-0.25, -0.2) is 0 Å². The maximum atomic E-state index is 12.4. The van der Waals surface area contributed by atoms with Gasteiger partial charge in [0, 0.05) is 11.1 Å². The van der Waals surface area contributed by atoms with Crippen molar-refractivity contribution in [2.75, 3.05) is 5.32 Å². The second-order valence-corrected chi connectivity index (χ2v) is 6.85. The molecule has 3 nitrogen and oxygen atoms in total. The minimum atomic E-state index is -0.136. The highest BCUT2D eigenvalue weighted by Crippen LogP contribution is 2.27. The molecule has 0 spiro atoms. The van der Waals surface area contributed by atoms with Crippen molar-refractivity contribution in [3.63, 3.8) is 0 Å². The third-order valence-corrected chi connectivity index (χ3v) is 4.45. The number of hydrogen-bond donors (Lipinski definition) is 1. The number of pyridine rings is 1. The Balaban J connectivity index is 2.01. The molecule has 0 aliphatic carbocycles. The zero-order valence-corrected chi connectivity index (χ0v) is 13.1. The van der Waals surface area contributed by atoms with E-state index in [9.17, 15) is 4.79 Å².